The molecule has 0 spiro atoms. The number of rotatable bonds is 7. The molecule has 2 aromatic heterocycles. The van der Waals surface area contributed by atoms with Crippen molar-refractivity contribution in [3.05, 3.63) is 27.4 Å². The zero-order valence-corrected chi connectivity index (χ0v) is 14.6. The number of amides is 2. The molecule has 2 heterocycles. The highest BCUT2D eigenvalue weighted by molar-refractivity contribution is 7.15. The molecular weight excluding hydrogens is 336 g/mol. The van der Waals surface area contributed by atoms with Crippen LogP contribution in [-0.4, -0.2) is 47.2 Å². The molecule has 0 aliphatic rings. The summed E-state index contributed by atoms with van der Waals surface area (Å²) in [7, 11) is 1.56. The SMILES string of the molecule is CCc1nnc(NC(=O)C(=O)N(CCOC)Cc2cccs2)s1. The number of anilines is 1. The summed E-state index contributed by atoms with van der Waals surface area (Å²) < 4.78 is 5.02. The molecule has 0 saturated heterocycles. The number of hydrogen-bond donors (Lipinski definition) is 1. The van der Waals surface area contributed by atoms with Gasteiger partial charge in [0, 0.05) is 18.5 Å². The number of methoxy groups -OCH3 is 1. The first-order valence-electron chi connectivity index (χ1n) is 7.08. The third-order valence-electron chi connectivity index (χ3n) is 2.96. The molecule has 7 nitrogen and oxygen atoms in total. The Hall–Kier alpha value is -1.84. The van der Waals surface area contributed by atoms with Crippen molar-refractivity contribution in [2.45, 2.75) is 19.9 Å². The Bertz CT molecular complexity index is 642. The van der Waals surface area contributed by atoms with Crippen LogP contribution >= 0.6 is 22.7 Å². The van der Waals surface area contributed by atoms with Gasteiger partial charge in [0.1, 0.15) is 5.01 Å². The fourth-order valence-corrected chi connectivity index (χ4v) is 3.18. The van der Waals surface area contributed by atoms with Gasteiger partial charge in [-0.05, 0) is 17.9 Å². The Morgan fingerprint density at radius 1 is 1.39 bits per heavy atom. The van der Waals surface area contributed by atoms with E-state index in [0.29, 0.717) is 24.8 Å². The van der Waals surface area contributed by atoms with E-state index in [1.54, 1.807) is 7.11 Å². The topological polar surface area (TPSA) is 84.4 Å². The maximum absolute atomic E-state index is 12.4. The highest BCUT2D eigenvalue weighted by atomic mass is 32.1. The lowest BCUT2D eigenvalue weighted by Crippen LogP contribution is -2.40. The van der Waals surface area contributed by atoms with Crippen molar-refractivity contribution in [2.24, 2.45) is 0 Å². The summed E-state index contributed by atoms with van der Waals surface area (Å²) in [5.41, 5.74) is 0. The molecule has 0 aromatic carbocycles. The van der Waals surface area contributed by atoms with Crippen LogP contribution in [0.4, 0.5) is 5.13 Å². The molecule has 2 aromatic rings. The first-order chi connectivity index (χ1) is 11.1. The minimum atomic E-state index is -0.712. The van der Waals surface area contributed by atoms with E-state index in [2.05, 4.69) is 15.5 Å². The smallest absolute Gasteiger partial charge is 0.315 e. The number of nitrogens with zero attached hydrogens (tertiary/aromatic N) is 3. The molecule has 0 unspecified atom stereocenters. The highest BCUT2D eigenvalue weighted by Crippen LogP contribution is 2.16. The Morgan fingerprint density at radius 2 is 2.22 bits per heavy atom. The summed E-state index contributed by atoms with van der Waals surface area (Å²) in [5, 5.41) is 13.3. The molecule has 0 aliphatic carbocycles. The molecule has 0 atom stereocenters. The van der Waals surface area contributed by atoms with Gasteiger partial charge in [0.25, 0.3) is 0 Å². The summed E-state index contributed by atoms with van der Waals surface area (Å²) >= 11 is 2.80. The van der Waals surface area contributed by atoms with Crippen LogP contribution in [0.1, 0.15) is 16.8 Å². The quantitative estimate of drug-likeness (QED) is 0.766. The molecule has 2 rings (SSSR count). The molecule has 0 fully saturated rings. The van der Waals surface area contributed by atoms with Crippen LogP contribution in [0.15, 0.2) is 17.5 Å². The van der Waals surface area contributed by atoms with Crippen LogP contribution in [0.5, 0.6) is 0 Å². The summed E-state index contributed by atoms with van der Waals surface area (Å²) in [6.45, 7) is 3.04. The van der Waals surface area contributed by atoms with Gasteiger partial charge in [-0.2, -0.15) is 0 Å². The third kappa shape index (κ3) is 5.08. The fourth-order valence-electron chi connectivity index (χ4n) is 1.79. The lowest BCUT2D eigenvalue weighted by atomic mass is 10.3. The molecule has 124 valence electrons. The number of carbonyl (C=O) groups is 2. The minimum Gasteiger partial charge on any atom is -0.383 e. The fraction of sp³-hybridized carbons (Fsp3) is 0.429. The number of hydrogen-bond acceptors (Lipinski definition) is 7. The van der Waals surface area contributed by atoms with Crippen LogP contribution in [0.3, 0.4) is 0 Å². The molecule has 9 heteroatoms. The number of ether oxygens (including phenoxy) is 1. The molecule has 0 saturated carbocycles. The van der Waals surface area contributed by atoms with Crippen molar-refractivity contribution < 1.29 is 14.3 Å². The molecule has 0 radical (unpaired) electrons. The Labute approximate surface area is 142 Å². The summed E-state index contributed by atoms with van der Waals surface area (Å²) in [4.78, 5) is 27.0. The monoisotopic (exact) mass is 354 g/mol. The molecule has 23 heavy (non-hydrogen) atoms. The van der Waals surface area contributed by atoms with Gasteiger partial charge in [-0.25, -0.2) is 0 Å². The first-order valence-corrected chi connectivity index (χ1v) is 8.77. The molecule has 0 bridgehead atoms. The second-order valence-corrected chi connectivity index (χ2v) is 6.70. The lowest BCUT2D eigenvalue weighted by molar-refractivity contribution is -0.144. The Kier molecular flexibility index (Phi) is 6.63. The number of aromatic nitrogens is 2. The van der Waals surface area contributed by atoms with Gasteiger partial charge < -0.3 is 9.64 Å². The van der Waals surface area contributed by atoms with E-state index in [4.69, 9.17) is 4.74 Å². The Balaban J connectivity index is 2.01. The lowest BCUT2D eigenvalue weighted by Gasteiger charge is -2.20. The third-order valence-corrected chi connectivity index (χ3v) is 4.81. The Morgan fingerprint density at radius 3 is 2.83 bits per heavy atom. The van der Waals surface area contributed by atoms with Crippen molar-refractivity contribution in [3.8, 4) is 0 Å². The zero-order valence-electron chi connectivity index (χ0n) is 12.9. The van der Waals surface area contributed by atoms with Crippen molar-refractivity contribution in [3.63, 3.8) is 0 Å². The van der Waals surface area contributed by atoms with E-state index in [1.165, 1.54) is 27.6 Å². The predicted molar refractivity (Wildman–Crippen MR) is 89.5 cm³/mol. The normalized spacial score (nSPS) is 10.5. The van der Waals surface area contributed by atoms with Gasteiger partial charge in [0.05, 0.1) is 13.2 Å². The molecular formula is C14H18N4O3S2. The number of nitrogens with one attached hydrogen (secondary N) is 1. The van der Waals surface area contributed by atoms with Crippen LogP contribution in [0, 0.1) is 0 Å². The number of aryl methyl sites for hydroxylation is 1. The van der Waals surface area contributed by atoms with Crippen molar-refractivity contribution in [1.82, 2.24) is 15.1 Å². The van der Waals surface area contributed by atoms with Gasteiger partial charge in [0.2, 0.25) is 5.13 Å². The van der Waals surface area contributed by atoms with Crippen LogP contribution in [0.2, 0.25) is 0 Å². The average Bonchev–Trinajstić information content (AvgIpc) is 3.22. The average molecular weight is 354 g/mol. The van der Waals surface area contributed by atoms with E-state index in [1.807, 2.05) is 24.4 Å². The van der Waals surface area contributed by atoms with Crippen LogP contribution in [0.25, 0.3) is 0 Å². The van der Waals surface area contributed by atoms with E-state index in [9.17, 15) is 9.59 Å². The standard InChI is InChI=1S/C14H18N4O3S2/c1-3-11-16-17-14(23-11)15-12(19)13(20)18(6-7-21-2)9-10-5-4-8-22-10/h4-5,8H,3,6-7,9H2,1-2H3,(H,15,17,19). The highest BCUT2D eigenvalue weighted by Gasteiger charge is 2.23. The van der Waals surface area contributed by atoms with Gasteiger partial charge in [-0.3, -0.25) is 14.9 Å². The summed E-state index contributed by atoms with van der Waals surface area (Å²) in [6.07, 6.45) is 0.736. The minimum absolute atomic E-state index is 0.336. The van der Waals surface area contributed by atoms with Crippen molar-refractivity contribution in [2.75, 3.05) is 25.6 Å². The predicted octanol–water partition coefficient (Wildman–Crippen LogP) is 1.78. The maximum Gasteiger partial charge on any atom is 0.315 e. The molecule has 0 aliphatic heterocycles. The number of carbonyl (C=O) groups excluding carboxylic acids is 2. The number of thiophene rings is 1. The van der Waals surface area contributed by atoms with E-state index in [0.717, 1.165) is 16.3 Å². The van der Waals surface area contributed by atoms with Gasteiger partial charge in [-0.1, -0.05) is 24.3 Å². The first kappa shape index (κ1) is 17.5. The van der Waals surface area contributed by atoms with Crippen molar-refractivity contribution >= 4 is 39.6 Å². The van der Waals surface area contributed by atoms with Crippen LogP contribution in [-0.2, 0) is 27.3 Å². The van der Waals surface area contributed by atoms with Gasteiger partial charge in [-0.15, -0.1) is 21.5 Å². The van der Waals surface area contributed by atoms with E-state index >= 15 is 0 Å². The summed E-state index contributed by atoms with van der Waals surface area (Å²) in [6, 6.07) is 3.83. The second-order valence-electron chi connectivity index (χ2n) is 4.61. The van der Waals surface area contributed by atoms with Gasteiger partial charge >= 0.3 is 11.8 Å². The largest absolute Gasteiger partial charge is 0.383 e. The summed E-state index contributed by atoms with van der Waals surface area (Å²) in [5.74, 6) is -1.32. The second kappa shape index (κ2) is 8.70. The molecule has 1 N–H and O–H groups in total. The van der Waals surface area contributed by atoms with Crippen LogP contribution < -0.4 is 5.32 Å². The van der Waals surface area contributed by atoms with Gasteiger partial charge in [0.15, 0.2) is 0 Å². The molecule has 2 amide bonds. The maximum atomic E-state index is 12.4. The zero-order chi connectivity index (χ0) is 16.7. The van der Waals surface area contributed by atoms with E-state index < -0.39 is 11.8 Å². The van der Waals surface area contributed by atoms with Crippen molar-refractivity contribution in [1.29, 1.82) is 0 Å². The van der Waals surface area contributed by atoms with E-state index in [-0.39, 0.29) is 0 Å².